The van der Waals surface area contributed by atoms with E-state index in [1.165, 1.54) is 4.31 Å². The van der Waals surface area contributed by atoms with Gasteiger partial charge in [-0.1, -0.05) is 54.4 Å². The smallest absolute Gasteiger partial charge is 0.242 e. The van der Waals surface area contributed by atoms with E-state index >= 15 is 0 Å². The lowest BCUT2D eigenvalue weighted by atomic mass is 10.1. The number of carbonyl (C=O) groups is 2. The molecule has 7 nitrogen and oxygen atoms in total. The van der Waals surface area contributed by atoms with Gasteiger partial charge in [0.05, 0.1) is 11.9 Å². The van der Waals surface area contributed by atoms with E-state index < -0.39 is 16.1 Å². The maximum absolute atomic E-state index is 13.4. The van der Waals surface area contributed by atoms with Crippen molar-refractivity contribution < 1.29 is 18.0 Å². The number of rotatable bonds is 12. The number of carbonyl (C=O) groups excluding carboxylic acids is 2. The molecule has 1 N–H and O–H groups in total. The molecule has 0 aliphatic carbocycles. The molecule has 0 heterocycles. The highest BCUT2D eigenvalue weighted by Crippen LogP contribution is 2.27. The molecule has 9 heteroatoms. The summed E-state index contributed by atoms with van der Waals surface area (Å²) in [6.07, 6.45) is 2.02. The molecular formula is C26H36ClN3O4S. The van der Waals surface area contributed by atoms with Crippen molar-refractivity contribution in [2.24, 2.45) is 0 Å². The van der Waals surface area contributed by atoms with Crippen molar-refractivity contribution in [2.75, 3.05) is 23.7 Å². The molecule has 2 amide bonds. The highest BCUT2D eigenvalue weighted by Gasteiger charge is 2.28. The molecule has 0 saturated heterocycles. The molecule has 35 heavy (non-hydrogen) atoms. The molecule has 0 saturated carbocycles. The van der Waals surface area contributed by atoms with Crippen LogP contribution in [0.4, 0.5) is 5.69 Å². The zero-order valence-electron chi connectivity index (χ0n) is 21.2. The van der Waals surface area contributed by atoms with Crippen molar-refractivity contribution in [3.8, 4) is 0 Å². The van der Waals surface area contributed by atoms with Crippen molar-refractivity contribution in [2.45, 2.75) is 59.5 Å². The lowest BCUT2D eigenvalue weighted by Crippen LogP contribution is -2.49. The molecule has 0 radical (unpaired) electrons. The van der Waals surface area contributed by atoms with E-state index in [0.29, 0.717) is 36.6 Å². The molecule has 0 bridgehead atoms. The Kier molecular flexibility index (Phi) is 10.6. The lowest BCUT2D eigenvalue weighted by Gasteiger charge is -2.31. The van der Waals surface area contributed by atoms with Crippen molar-refractivity contribution in [1.29, 1.82) is 0 Å². The third kappa shape index (κ3) is 8.25. The summed E-state index contributed by atoms with van der Waals surface area (Å²) in [4.78, 5) is 27.7. The molecule has 2 aromatic rings. The molecule has 0 aliphatic rings. The van der Waals surface area contributed by atoms with Crippen LogP contribution in [-0.2, 0) is 26.2 Å². The second-order valence-electron chi connectivity index (χ2n) is 8.70. The Morgan fingerprint density at radius 3 is 2.40 bits per heavy atom. The van der Waals surface area contributed by atoms with Crippen LogP contribution in [0, 0.1) is 13.8 Å². The van der Waals surface area contributed by atoms with E-state index in [2.05, 4.69) is 5.32 Å². The van der Waals surface area contributed by atoms with E-state index in [-0.39, 0.29) is 24.8 Å². The van der Waals surface area contributed by atoms with E-state index in [9.17, 15) is 18.0 Å². The van der Waals surface area contributed by atoms with Crippen molar-refractivity contribution >= 4 is 39.1 Å². The van der Waals surface area contributed by atoms with E-state index in [1.807, 2.05) is 52.0 Å². The molecule has 0 fully saturated rings. The highest BCUT2D eigenvalue weighted by molar-refractivity contribution is 7.92. The quantitative estimate of drug-likeness (QED) is 0.447. The van der Waals surface area contributed by atoms with Crippen LogP contribution in [0.3, 0.4) is 0 Å². The summed E-state index contributed by atoms with van der Waals surface area (Å²) in [5.41, 5.74) is 3.28. The minimum atomic E-state index is -3.58. The number of nitrogens with one attached hydrogen (secondary N) is 1. The Labute approximate surface area is 214 Å². The first-order chi connectivity index (χ1) is 16.5. The molecule has 0 aliphatic heterocycles. The number of aryl methyl sites for hydroxylation is 2. The van der Waals surface area contributed by atoms with Crippen LogP contribution >= 0.6 is 11.6 Å². The predicted octanol–water partition coefficient (Wildman–Crippen LogP) is 4.45. The summed E-state index contributed by atoms with van der Waals surface area (Å²) in [5.74, 6) is -0.385. The van der Waals surface area contributed by atoms with Crippen LogP contribution in [0.25, 0.3) is 0 Å². The molecule has 2 rings (SSSR count). The van der Waals surface area contributed by atoms with Crippen molar-refractivity contribution in [1.82, 2.24) is 10.2 Å². The Balaban J connectivity index is 2.24. The zero-order valence-corrected chi connectivity index (χ0v) is 22.7. The van der Waals surface area contributed by atoms with E-state index in [1.54, 1.807) is 23.1 Å². The third-order valence-electron chi connectivity index (χ3n) is 5.76. The predicted molar refractivity (Wildman–Crippen MR) is 142 cm³/mol. The minimum Gasteiger partial charge on any atom is -0.355 e. The van der Waals surface area contributed by atoms with Gasteiger partial charge in [0, 0.05) is 31.1 Å². The summed E-state index contributed by atoms with van der Waals surface area (Å²) in [5, 5.41) is 3.26. The molecule has 2 aromatic carbocycles. The zero-order chi connectivity index (χ0) is 26.2. The normalized spacial score (nSPS) is 12.2. The fraction of sp³-hybridized carbons (Fsp3) is 0.462. The summed E-state index contributed by atoms with van der Waals surface area (Å²) in [7, 11) is -3.58. The van der Waals surface area contributed by atoms with Gasteiger partial charge in [-0.25, -0.2) is 8.42 Å². The van der Waals surface area contributed by atoms with Gasteiger partial charge in [0.25, 0.3) is 0 Å². The van der Waals surface area contributed by atoms with Crippen LogP contribution in [0.1, 0.15) is 49.8 Å². The van der Waals surface area contributed by atoms with E-state index in [0.717, 1.165) is 22.9 Å². The van der Waals surface area contributed by atoms with Crippen LogP contribution in [0.15, 0.2) is 42.5 Å². The first-order valence-electron chi connectivity index (χ1n) is 11.8. The second-order valence-corrected chi connectivity index (χ2v) is 11.0. The average molecular weight is 522 g/mol. The molecular weight excluding hydrogens is 486 g/mol. The molecule has 0 unspecified atom stereocenters. The summed E-state index contributed by atoms with van der Waals surface area (Å²) >= 11 is 6.11. The topological polar surface area (TPSA) is 86.8 Å². The maximum Gasteiger partial charge on any atom is 0.242 e. The monoisotopic (exact) mass is 521 g/mol. The summed E-state index contributed by atoms with van der Waals surface area (Å²) < 4.78 is 26.3. The maximum atomic E-state index is 13.4. The molecule has 1 atom stereocenters. The van der Waals surface area contributed by atoms with Gasteiger partial charge in [0.15, 0.2) is 0 Å². The average Bonchev–Trinajstić information content (AvgIpc) is 2.77. The van der Waals surface area contributed by atoms with Gasteiger partial charge < -0.3 is 10.2 Å². The van der Waals surface area contributed by atoms with Gasteiger partial charge in [-0.3, -0.25) is 13.9 Å². The number of benzene rings is 2. The number of anilines is 1. The van der Waals surface area contributed by atoms with Crippen molar-refractivity contribution in [3.05, 3.63) is 64.2 Å². The van der Waals surface area contributed by atoms with E-state index in [4.69, 9.17) is 11.6 Å². The van der Waals surface area contributed by atoms with Crippen LogP contribution in [0.2, 0.25) is 5.02 Å². The van der Waals surface area contributed by atoms with Gasteiger partial charge in [-0.05, 0) is 56.9 Å². The summed E-state index contributed by atoms with van der Waals surface area (Å²) in [6.45, 7) is 8.43. The van der Waals surface area contributed by atoms with Gasteiger partial charge in [0.2, 0.25) is 21.8 Å². The first-order valence-corrected chi connectivity index (χ1v) is 14.1. The number of hydrogen-bond acceptors (Lipinski definition) is 4. The van der Waals surface area contributed by atoms with Crippen LogP contribution in [0.5, 0.6) is 0 Å². The van der Waals surface area contributed by atoms with Crippen LogP contribution < -0.4 is 9.62 Å². The largest absolute Gasteiger partial charge is 0.355 e. The van der Waals surface area contributed by atoms with Gasteiger partial charge in [0.1, 0.15) is 6.04 Å². The number of sulfonamides is 1. The van der Waals surface area contributed by atoms with Gasteiger partial charge >= 0.3 is 0 Å². The molecule has 0 aromatic heterocycles. The second kappa shape index (κ2) is 12.9. The first kappa shape index (κ1) is 28.7. The number of halogens is 1. The highest BCUT2D eigenvalue weighted by atomic mass is 35.5. The number of hydrogen-bond donors (Lipinski definition) is 1. The van der Waals surface area contributed by atoms with Crippen LogP contribution in [-0.4, -0.2) is 50.5 Å². The number of nitrogens with zero attached hydrogens (tertiary/aromatic N) is 2. The number of likely N-dealkylation sites (N-methyl/N-ethyl adjacent to an activating group) is 1. The third-order valence-corrected chi connectivity index (χ3v) is 7.18. The van der Waals surface area contributed by atoms with Gasteiger partial charge in [-0.15, -0.1) is 0 Å². The fourth-order valence-corrected chi connectivity index (χ4v) is 5.23. The Morgan fingerprint density at radius 1 is 1.09 bits per heavy atom. The van der Waals surface area contributed by atoms with Crippen molar-refractivity contribution in [3.63, 3.8) is 0 Å². The Bertz CT molecular complexity index is 1140. The molecule has 0 spiro atoms. The fourth-order valence-electron chi connectivity index (χ4n) is 4.05. The number of amides is 2. The lowest BCUT2D eigenvalue weighted by molar-refractivity contribution is -0.141. The summed E-state index contributed by atoms with van der Waals surface area (Å²) in [6, 6.07) is 12.3. The van der Waals surface area contributed by atoms with Gasteiger partial charge in [-0.2, -0.15) is 0 Å². The molecule has 192 valence electrons. The Morgan fingerprint density at radius 2 is 1.80 bits per heavy atom. The standard InChI is InChI=1S/C26H36ClN3O4S/c1-6-23(26(32)28-7-2)29(18-21-11-8-10-19(3)16-21)25(31)12-9-15-30(35(5,33)34)24-17-22(27)14-13-20(24)4/h8,10-11,13-14,16-17,23H,6-7,9,12,15,18H2,1-5H3,(H,28,32)/t23-/m0/s1. The SMILES string of the molecule is CCNC(=O)[C@H](CC)N(Cc1cccc(C)c1)C(=O)CCCN(c1cc(Cl)ccc1C)S(C)(=O)=O. The Hall–Kier alpha value is -2.58. The minimum absolute atomic E-state index is 0.105.